The van der Waals surface area contributed by atoms with Crippen LogP contribution >= 0.6 is 0 Å². The van der Waals surface area contributed by atoms with Crippen molar-refractivity contribution in [3.05, 3.63) is 78.9 Å². The second-order valence-corrected chi connectivity index (χ2v) is 5.33. The second kappa shape index (κ2) is 5.08. The van der Waals surface area contributed by atoms with Crippen LogP contribution in [0.25, 0.3) is 33.3 Å². The van der Waals surface area contributed by atoms with E-state index in [4.69, 9.17) is 0 Å². The Bertz CT molecular complexity index is 921. The van der Waals surface area contributed by atoms with E-state index in [0.29, 0.717) is 0 Å². The Labute approximate surface area is 128 Å². The summed E-state index contributed by atoms with van der Waals surface area (Å²) in [5.74, 6) is 0.279. The van der Waals surface area contributed by atoms with E-state index in [1.807, 2.05) is 24.3 Å². The molecule has 4 aromatic rings. The summed E-state index contributed by atoms with van der Waals surface area (Å²) in [6.07, 6.45) is 0. The summed E-state index contributed by atoms with van der Waals surface area (Å²) < 4.78 is 0. The van der Waals surface area contributed by atoms with E-state index in [1.165, 1.54) is 16.5 Å². The number of hydrogen-bond acceptors (Lipinski definition) is 1. The maximum Gasteiger partial charge on any atom is 0.115 e. The van der Waals surface area contributed by atoms with Crippen LogP contribution in [-0.2, 0) is 0 Å². The van der Waals surface area contributed by atoms with Gasteiger partial charge in [0.05, 0.1) is 5.69 Å². The minimum Gasteiger partial charge on any atom is -0.508 e. The summed E-state index contributed by atoms with van der Waals surface area (Å²) in [4.78, 5) is 3.52. The molecule has 0 fully saturated rings. The zero-order valence-electron chi connectivity index (χ0n) is 12.0. The SMILES string of the molecule is Oc1ccc(-c2[nH]c3ccccc3c2-c2ccccc2)cc1. The van der Waals surface area contributed by atoms with Crippen molar-refractivity contribution in [2.24, 2.45) is 0 Å². The number of para-hydroxylation sites is 1. The third-order valence-corrected chi connectivity index (χ3v) is 3.92. The van der Waals surface area contributed by atoms with E-state index < -0.39 is 0 Å². The normalized spacial score (nSPS) is 10.9. The van der Waals surface area contributed by atoms with Gasteiger partial charge in [0, 0.05) is 16.5 Å². The van der Waals surface area contributed by atoms with Crippen LogP contribution in [0.2, 0.25) is 0 Å². The molecule has 2 nitrogen and oxygen atoms in total. The number of fused-ring (bicyclic) bond motifs is 1. The Morgan fingerprint density at radius 3 is 2.09 bits per heavy atom. The molecule has 1 heterocycles. The van der Waals surface area contributed by atoms with Gasteiger partial charge in [0.1, 0.15) is 5.75 Å². The van der Waals surface area contributed by atoms with Crippen molar-refractivity contribution >= 4 is 10.9 Å². The standard InChI is InChI=1S/C20H15NO/c22-16-12-10-15(11-13-16)20-19(14-6-2-1-3-7-14)17-8-4-5-9-18(17)21-20/h1-13,21-22H. The first-order valence-corrected chi connectivity index (χ1v) is 7.28. The van der Waals surface area contributed by atoms with Crippen LogP contribution in [0.5, 0.6) is 5.75 Å². The topological polar surface area (TPSA) is 36.0 Å². The molecule has 22 heavy (non-hydrogen) atoms. The minimum absolute atomic E-state index is 0.279. The van der Waals surface area contributed by atoms with Gasteiger partial charge in [-0.3, -0.25) is 0 Å². The van der Waals surface area contributed by atoms with Crippen LogP contribution < -0.4 is 0 Å². The lowest BCUT2D eigenvalue weighted by Crippen LogP contribution is -1.82. The highest BCUT2D eigenvalue weighted by molar-refractivity contribution is 6.03. The first-order valence-electron chi connectivity index (χ1n) is 7.28. The van der Waals surface area contributed by atoms with Crippen molar-refractivity contribution < 1.29 is 5.11 Å². The van der Waals surface area contributed by atoms with Gasteiger partial charge in [-0.25, -0.2) is 0 Å². The molecule has 0 unspecified atom stereocenters. The summed E-state index contributed by atoms with van der Waals surface area (Å²) in [7, 11) is 0. The molecule has 0 spiro atoms. The van der Waals surface area contributed by atoms with Gasteiger partial charge in [0.15, 0.2) is 0 Å². The van der Waals surface area contributed by atoms with Crippen molar-refractivity contribution in [2.75, 3.05) is 0 Å². The molecule has 1 aromatic heterocycles. The van der Waals surface area contributed by atoms with Crippen molar-refractivity contribution in [2.45, 2.75) is 0 Å². The van der Waals surface area contributed by atoms with Crippen LogP contribution in [0.4, 0.5) is 0 Å². The zero-order valence-corrected chi connectivity index (χ0v) is 12.0. The Morgan fingerprint density at radius 2 is 1.32 bits per heavy atom. The molecule has 0 saturated carbocycles. The second-order valence-electron chi connectivity index (χ2n) is 5.33. The third kappa shape index (κ3) is 2.06. The number of hydrogen-bond donors (Lipinski definition) is 2. The molecule has 4 rings (SSSR count). The predicted octanol–water partition coefficient (Wildman–Crippen LogP) is 5.21. The van der Waals surface area contributed by atoms with E-state index in [1.54, 1.807) is 12.1 Å². The molecule has 0 atom stereocenters. The number of phenols is 1. The van der Waals surface area contributed by atoms with E-state index in [0.717, 1.165) is 16.8 Å². The predicted molar refractivity (Wildman–Crippen MR) is 90.8 cm³/mol. The van der Waals surface area contributed by atoms with E-state index >= 15 is 0 Å². The summed E-state index contributed by atoms with van der Waals surface area (Å²) >= 11 is 0. The zero-order chi connectivity index (χ0) is 14.9. The van der Waals surface area contributed by atoms with Crippen LogP contribution in [0, 0.1) is 0 Å². The van der Waals surface area contributed by atoms with Crippen molar-refractivity contribution in [3.8, 4) is 28.1 Å². The molecule has 3 aromatic carbocycles. The average Bonchev–Trinajstić information content (AvgIpc) is 2.96. The fourth-order valence-electron chi connectivity index (χ4n) is 2.89. The smallest absolute Gasteiger partial charge is 0.115 e. The van der Waals surface area contributed by atoms with Crippen LogP contribution in [0.15, 0.2) is 78.9 Å². The number of phenolic OH excluding ortho intramolecular Hbond substituents is 1. The van der Waals surface area contributed by atoms with Crippen molar-refractivity contribution in [1.29, 1.82) is 0 Å². The van der Waals surface area contributed by atoms with Gasteiger partial charge >= 0.3 is 0 Å². The number of aromatic nitrogens is 1. The molecule has 0 aliphatic rings. The highest BCUT2D eigenvalue weighted by atomic mass is 16.3. The highest BCUT2D eigenvalue weighted by Gasteiger charge is 2.14. The summed E-state index contributed by atoms with van der Waals surface area (Å²) in [5.41, 5.74) is 5.63. The van der Waals surface area contributed by atoms with Gasteiger partial charge in [0.2, 0.25) is 0 Å². The molecule has 106 valence electrons. The molecular weight excluding hydrogens is 270 g/mol. The van der Waals surface area contributed by atoms with Gasteiger partial charge in [-0.1, -0.05) is 48.5 Å². The molecule has 0 saturated heterocycles. The summed E-state index contributed by atoms with van der Waals surface area (Å²) in [5, 5.41) is 10.7. The minimum atomic E-state index is 0.279. The van der Waals surface area contributed by atoms with E-state index in [-0.39, 0.29) is 5.75 Å². The monoisotopic (exact) mass is 285 g/mol. The maximum absolute atomic E-state index is 9.52. The molecule has 0 aliphatic carbocycles. The molecular formula is C20H15NO. The van der Waals surface area contributed by atoms with Crippen LogP contribution in [0.1, 0.15) is 0 Å². The highest BCUT2D eigenvalue weighted by Crippen LogP contribution is 2.38. The molecule has 0 radical (unpaired) electrons. The molecule has 0 amide bonds. The Hall–Kier alpha value is -3.00. The van der Waals surface area contributed by atoms with Gasteiger partial charge < -0.3 is 10.1 Å². The number of aromatic hydroxyl groups is 1. The number of nitrogens with one attached hydrogen (secondary N) is 1. The fourth-order valence-corrected chi connectivity index (χ4v) is 2.89. The number of rotatable bonds is 2. The Kier molecular flexibility index (Phi) is 2.94. The third-order valence-electron chi connectivity index (χ3n) is 3.92. The fraction of sp³-hybridized carbons (Fsp3) is 0. The van der Waals surface area contributed by atoms with Crippen LogP contribution in [0.3, 0.4) is 0 Å². The van der Waals surface area contributed by atoms with Crippen molar-refractivity contribution in [1.82, 2.24) is 4.98 Å². The van der Waals surface area contributed by atoms with Crippen LogP contribution in [-0.4, -0.2) is 10.1 Å². The van der Waals surface area contributed by atoms with Gasteiger partial charge in [-0.05, 0) is 41.5 Å². The van der Waals surface area contributed by atoms with Crippen molar-refractivity contribution in [3.63, 3.8) is 0 Å². The summed E-state index contributed by atoms with van der Waals surface area (Å²) in [6, 6.07) is 26.0. The van der Waals surface area contributed by atoms with E-state index in [9.17, 15) is 5.11 Å². The number of H-pyrrole nitrogens is 1. The summed E-state index contributed by atoms with van der Waals surface area (Å²) in [6.45, 7) is 0. The maximum atomic E-state index is 9.52. The lowest BCUT2D eigenvalue weighted by Gasteiger charge is -2.06. The lowest BCUT2D eigenvalue weighted by atomic mass is 9.98. The largest absolute Gasteiger partial charge is 0.508 e. The first-order chi connectivity index (χ1) is 10.8. The Morgan fingerprint density at radius 1 is 0.636 bits per heavy atom. The quantitative estimate of drug-likeness (QED) is 0.521. The molecule has 0 bridgehead atoms. The van der Waals surface area contributed by atoms with Gasteiger partial charge in [-0.2, -0.15) is 0 Å². The van der Waals surface area contributed by atoms with Gasteiger partial charge in [-0.15, -0.1) is 0 Å². The van der Waals surface area contributed by atoms with E-state index in [2.05, 4.69) is 47.4 Å². The average molecular weight is 285 g/mol. The van der Waals surface area contributed by atoms with Gasteiger partial charge in [0.25, 0.3) is 0 Å². The first kappa shape index (κ1) is 12.7. The molecule has 0 aliphatic heterocycles. The molecule has 2 N–H and O–H groups in total. The lowest BCUT2D eigenvalue weighted by molar-refractivity contribution is 0.475. The number of aromatic amines is 1. The molecule has 2 heteroatoms. The number of benzene rings is 3. The Balaban J connectivity index is 2.04.